The maximum absolute atomic E-state index is 12.2. The number of carbonyl (C=O) groups excluding carboxylic acids is 1. The highest BCUT2D eigenvalue weighted by Gasteiger charge is 2.10. The van der Waals surface area contributed by atoms with Crippen LogP contribution in [-0.2, 0) is 11.2 Å². The fraction of sp³-hybridized carbons (Fsp3) is 0.0909. The van der Waals surface area contributed by atoms with E-state index in [2.05, 4.69) is 20.3 Å². The van der Waals surface area contributed by atoms with Crippen LogP contribution < -0.4 is 5.32 Å². The molecule has 30 heavy (non-hydrogen) atoms. The first-order valence-electron chi connectivity index (χ1n) is 9.19. The van der Waals surface area contributed by atoms with Crippen molar-refractivity contribution in [2.24, 2.45) is 0 Å². The van der Waals surface area contributed by atoms with Crippen molar-refractivity contribution in [1.29, 1.82) is 0 Å². The van der Waals surface area contributed by atoms with E-state index in [1.54, 1.807) is 42.6 Å². The molecule has 0 aliphatic carbocycles. The topological polar surface area (TPSA) is 101 Å². The van der Waals surface area contributed by atoms with Gasteiger partial charge in [0.1, 0.15) is 5.75 Å². The maximum Gasteiger partial charge on any atom is 0.224 e. The van der Waals surface area contributed by atoms with Crippen molar-refractivity contribution in [1.82, 2.24) is 15.0 Å². The molecule has 1 amide bonds. The van der Waals surface area contributed by atoms with E-state index in [1.165, 1.54) is 12.4 Å². The van der Waals surface area contributed by atoms with Gasteiger partial charge in [0.15, 0.2) is 17.5 Å². The lowest BCUT2D eigenvalue weighted by molar-refractivity contribution is -0.116. The van der Waals surface area contributed by atoms with E-state index in [-0.39, 0.29) is 18.1 Å². The lowest BCUT2D eigenvalue weighted by Gasteiger charge is -2.05. The van der Waals surface area contributed by atoms with E-state index in [4.69, 9.17) is 16.0 Å². The first-order chi connectivity index (χ1) is 14.6. The van der Waals surface area contributed by atoms with Gasteiger partial charge in [0, 0.05) is 29.0 Å². The van der Waals surface area contributed by atoms with Gasteiger partial charge in [-0.2, -0.15) is 0 Å². The second-order valence-electron chi connectivity index (χ2n) is 6.52. The Morgan fingerprint density at radius 1 is 1.00 bits per heavy atom. The molecular formula is C22H17ClN4O3. The predicted molar refractivity (Wildman–Crippen MR) is 113 cm³/mol. The highest BCUT2D eigenvalue weighted by molar-refractivity contribution is 6.30. The smallest absolute Gasteiger partial charge is 0.224 e. The van der Waals surface area contributed by atoms with Crippen LogP contribution >= 0.6 is 11.6 Å². The molecule has 0 radical (unpaired) electrons. The van der Waals surface area contributed by atoms with Gasteiger partial charge in [-0.05, 0) is 36.4 Å². The highest BCUT2D eigenvalue weighted by atomic mass is 35.5. The molecule has 0 aliphatic rings. The minimum absolute atomic E-state index is 0.138. The third-order valence-corrected chi connectivity index (χ3v) is 4.54. The Morgan fingerprint density at radius 3 is 2.50 bits per heavy atom. The SMILES string of the molecule is O=C(CCc1ncc(-c2ccc(Cl)cc2)o1)Nc1cnc(-c2cccc(O)c2)nc1. The number of nitrogens with one attached hydrogen (secondary N) is 1. The van der Waals surface area contributed by atoms with Gasteiger partial charge < -0.3 is 14.8 Å². The molecule has 0 saturated carbocycles. The quantitative estimate of drug-likeness (QED) is 0.467. The Kier molecular flexibility index (Phi) is 5.72. The number of aryl methyl sites for hydroxylation is 1. The number of oxazole rings is 1. The molecule has 0 bridgehead atoms. The van der Waals surface area contributed by atoms with Gasteiger partial charge in [-0.25, -0.2) is 15.0 Å². The lowest BCUT2D eigenvalue weighted by atomic mass is 10.2. The van der Waals surface area contributed by atoms with Crippen LogP contribution in [0.4, 0.5) is 5.69 Å². The summed E-state index contributed by atoms with van der Waals surface area (Å²) in [6, 6.07) is 13.9. The monoisotopic (exact) mass is 420 g/mol. The van der Waals surface area contributed by atoms with Gasteiger partial charge in [0.2, 0.25) is 5.91 Å². The standard InChI is InChI=1S/C22H17ClN4O3/c23-16-6-4-14(5-7-16)19-13-24-21(30-19)9-8-20(29)27-17-11-25-22(26-12-17)15-2-1-3-18(28)10-15/h1-7,10-13,28H,8-9H2,(H,27,29). The van der Waals surface area contributed by atoms with Gasteiger partial charge in [-0.1, -0.05) is 23.7 Å². The van der Waals surface area contributed by atoms with Crippen LogP contribution in [-0.4, -0.2) is 26.0 Å². The summed E-state index contributed by atoms with van der Waals surface area (Å²) >= 11 is 5.89. The molecule has 150 valence electrons. The number of phenols is 1. The summed E-state index contributed by atoms with van der Waals surface area (Å²) in [4.78, 5) is 24.9. The molecule has 4 rings (SSSR count). The highest BCUT2D eigenvalue weighted by Crippen LogP contribution is 2.23. The molecule has 0 unspecified atom stereocenters. The Bertz CT molecular complexity index is 1160. The van der Waals surface area contributed by atoms with Crippen molar-refractivity contribution in [2.45, 2.75) is 12.8 Å². The number of hydrogen-bond donors (Lipinski definition) is 2. The van der Waals surface area contributed by atoms with Crippen molar-refractivity contribution in [2.75, 3.05) is 5.32 Å². The number of aromatic nitrogens is 3. The Balaban J connectivity index is 1.32. The molecule has 7 nitrogen and oxygen atoms in total. The van der Waals surface area contributed by atoms with E-state index in [9.17, 15) is 9.90 Å². The van der Waals surface area contributed by atoms with Crippen LogP contribution in [0.2, 0.25) is 5.02 Å². The van der Waals surface area contributed by atoms with E-state index in [1.807, 2.05) is 12.1 Å². The van der Waals surface area contributed by atoms with E-state index >= 15 is 0 Å². The number of benzene rings is 2. The number of aromatic hydroxyl groups is 1. The van der Waals surface area contributed by atoms with Crippen molar-refractivity contribution in [3.05, 3.63) is 78.0 Å². The molecule has 0 aliphatic heterocycles. The van der Waals surface area contributed by atoms with Gasteiger partial charge >= 0.3 is 0 Å². The zero-order valence-electron chi connectivity index (χ0n) is 15.7. The summed E-state index contributed by atoms with van der Waals surface area (Å²) in [6.07, 6.45) is 5.24. The average molecular weight is 421 g/mol. The number of hydrogen-bond acceptors (Lipinski definition) is 6. The summed E-state index contributed by atoms with van der Waals surface area (Å²) in [6.45, 7) is 0. The number of anilines is 1. The molecule has 2 heterocycles. The Labute approximate surface area is 177 Å². The first-order valence-corrected chi connectivity index (χ1v) is 9.56. The largest absolute Gasteiger partial charge is 0.508 e. The number of nitrogens with zero attached hydrogens (tertiary/aromatic N) is 3. The third-order valence-electron chi connectivity index (χ3n) is 4.29. The fourth-order valence-corrected chi connectivity index (χ4v) is 2.93. The van der Waals surface area contributed by atoms with Gasteiger partial charge in [-0.3, -0.25) is 4.79 Å². The molecule has 0 saturated heterocycles. The van der Waals surface area contributed by atoms with Crippen LogP contribution in [0.5, 0.6) is 5.75 Å². The van der Waals surface area contributed by atoms with Crippen molar-refractivity contribution in [3.8, 4) is 28.5 Å². The summed E-state index contributed by atoms with van der Waals surface area (Å²) in [5.74, 6) is 1.50. The normalized spacial score (nSPS) is 10.7. The average Bonchev–Trinajstić information content (AvgIpc) is 3.22. The van der Waals surface area contributed by atoms with Crippen LogP contribution in [0.25, 0.3) is 22.7 Å². The van der Waals surface area contributed by atoms with Crippen LogP contribution in [0.3, 0.4) is 0 Å². The van der Waals surface area contributed by atoms with E-state index in [0.717, 1.165) is 5.56 Å². The molecule has 0 spiro atoms. The molecule has 4 aromatic rings. The first kappa shape index (κ1) is 19.6. The van der Waals surface area contributed by atoms with Crippen LogP contribution in [0.1, 0.15) is 12.3 Å². The van der Waals surface area contributed by atoms with Crippen molar-refractivity contribution >= 4 is 23.2 Å². The molecule has 2 N–H and O–H groups in total. The van der Waals surface area contributed by atoms with E-state index < -0.39 is 0 Å². The van der Waals surface area contributed by atoms with Gasteiger partial charge in [-0.15, -0.1) is 0 Å². The number of amides is 1. The second kappa shape index (κ2) is 8.75. The molecule has 2 aromatic heterocycles. The zero-order chi connectivity index (χ0) is 20.9. The minimum Gasteiger partial charge on any atom is -0.508 e. The van der Waals surface area contributed by atoms with Gasteiger partial charge in [0.25, 0.3) is 0 Å². The second-order valence-corrected chi connectivity index (χ2v) is 6.96. The molecule has 0 fully saturated rings. The van der Waals surface area contributed by atoms with Crippen LogP contribution in [0, 0.1) is 0 Å². The van der Waals surface area contributed by atoms with Gasteiger partial charge in [0.05, 0.1) is 24.3 Å². The Morgan fingerprint density at radius 2 is 1.77 bits per heavy atom. The number of phenolic OH excluding ortho intramolecular Hbond substituents is 1. The lowest BCUT2D eigenvalue weighted by Crippen LogP contribution is -2.13. The summed E-state index contributed by atoms with van der Waals surface area (Å²) in [5, 5.41) is 12.9. The third kappa shape index (κ3) is 4.82. The number of halogens is 1. The van der Waals surface area contributed by atoms with Crippen molar-refractivity contribution < 1.29 is 14.3 Å². The summed E-state index contributed by atoms with van der Waals surface area (Å²) in [7, 11) is 0. The maximum atomic E-state index is 12.2. The van der Waals surface area contributed by atoms with Crippen LogP contribution in [0.15, 0.2) is 71.5 Å². The Hall–Kier alpha value is -3.71. The minimum atomic E-state index is -0.199. The van der Waals surface area contributed by atoms with Crippen molar-refractivity contribution in [3.63, 3.8) is 0 Å². The fourth-order valence-electron chi connectivity index (χ4n) is 2.80. The zero-order valence-corrected chi connectivity index (χ0v) is 16.5. The molecular weight excluding hydrogens is 404 g/mol. The van der Waals surface area contributed by atoms with E-state index in [0.29, 0.717) is 40.2 Å². The number of carbonyl (C=O) groups is 1. The predicted octanol–water partition coefficient (Wildman–Crippen LogP) is 4.73. The summed E-state index contributed by atoms with van der Waals surface area (Å²) in [5.41, 5.74) is 2.04. The molecule has 0 atom stereocenters. The molecule has 2 aromatic carbocycles. The number of rotatable bonds is 6. The summed E-state index contributed by atoms with van der Waals surface area (Å²) < 4.78 is 5.71. The molecule has 8 heteroatoms.